The van der Waals surface area contributed by atoms with Gasteiger partial charge in [-0.3, -0.25) is 4.79 Å². The van der Waals surface area contributed by atoms with E-state index < -0.39 is 0 Å². The Morgan fingerprint density at radius 3 is 2.25 bits per heavy atom. The van der Waals surface area contributed by atoms with E-state index in [2.05, 4.69) is 49.2 Å². The Kier molecular flexibility index (Phi) is 5.01. The lowest BCUT2D eigenvalue weighted by Gasteiger charge is -2.34. The molecule has 2 rings (SSSR count). The number of aryl methyl sites for hydroxylation is 2. The van der Waals surface area contributed by atoms with Gasteiger partial charge in [-0.05, 0) is 43.7 Å². The molecule has 4 heteroatoms. The quantitative estimate of drug-likeness (QED) is 0.911. The molecule has 0 saturated carbocycles. The zero-order chi connectivity index (χ0) is 14.5. The van der Waals surface area contributed by atoms with Gasteiger partial charge in [0.1, 0.15) is 0 Å². The molecule has 1 saturated heterocycles. The number of nitrogens with one attached hydrogen (secondary N) is 1. The Hall–Kier alpha value is -1.55. The van der Waals surface area contributed by atoms with Crippen LogP contribution < -0.4 is 5.32 Å². The molecule has 0 aliphatic carbocycles. The molecular weight excluding hydrogens is 250 g/mol. The van der Waals surface area contributed by atoms with Crippen LogP contribution in [0.2, 0.25) is 0 Å². The van der Waals surface area contributed by atoms with E-state index >= 15 is 0 Å². The summed E-state index contributed by atoms with van der Waals surface area (Å²) in [5.74, 6) is 0.194. The SMILES string of the molecule is CCN1CCN(C(=O)CNc2cc(C)cc(C)c2)CC1. The summed E-state index contributed by atoms with van der Waals surface area (Å²) in [7, 11) is 0. The molecule has 1 fully saturated rings. The highest BCUT2D eigenvalue weighted by Gasteiger charge is 2.19. The van der Waals surface area contributed by atoms with Crippen LogP contribution in [0, 0.1) is 13.8 Å². The van der Waals surface area contributed by atoms with Crippen LogP contribution in [-0.4, -0.2) is 55.0 Å². The fourth-order valence-corrected chi connectivity index (χ4v) is 2.68. The highest BCUT2D eigenvalue weighted by Crippen LogP contribution is 2.13. The minimum atomic E-state index is 0.194. The van der Waals surface area contributed by atoms with E-state index in [1.54, 1.807) is 0 Å². The Morgan fingerprint density at radius 1 is 1.10 bits per heavy atom. The predicted molar refractivity (Wildman–Crippen MR) is 83.1 cm³/mol. The molecule has 0 atom stereocenters. The van der Waals surface area contributed by atoms with Gasteiger partial charge in [-0.25, -0.2) is 0 Å². The second-order valence-electron chi connectivity index (χ2n) is 5.54. The molecule has 0 unspecified atom stereocenters. The molecule has 4 nitrogen and oxygen atoms in total. The molecule has 0 bridgehead atoms. The van der Waals surface area contributed by atoms with Crippen molar-refractivity contribution in [3.05, 3.63) is 29.3 Å². The molecular formula is C16H25N3O. The number of carbonyl (C=O) groups is 1. The van der Waals surface area contributed by atoms with Crippen LogP contribution in [0.5, 0.6) is 0 Å². The summed E-state index contributed by atoms with van der Waals surface area (Å²) in [6.07, 6.45) is 0. The first-order valence-electron chi connectivity index (χ1n) is 7.41. The second-order valence-corrected chi connectivity index (χ2v) is 5.54. The minimum absolute atomic E-state index is 0.194. The van der Waals surface area contributed by atoms with E-state index in [4.69, 9.17) is 0 Å². The molecule has 1 aliphatic rings. The zero-order valence-corrected chi connectivity index (χ0v) is 12.8. The third-order valence-electron chi connectivity index (χ3n) is 3.84. The van der Waals surface area contributed by atoms with Crippen molar-refractivity contribution >= 4 is 11.6 Å². The fourth-order valence-electron chi connectivity index (χ4n) is 2.68. The second kappa shape index (κ2) is 6.75. The third kappa shape index (κ3) is 3.97. The van der Waals surface area contributed by atoms with E-state index in [-0.39, 0.29) is 5.91 Å². The summed E-state index contributed by atoms with van der Waals surface area (Å²) < 4.78 is 0. The average Bonchev–Trinajstić information content (AvgIpc) is 2.44. The lowest BCUT2D eigenvalue weighted by Crippen LogP contribution is -2.49. The molecule has 1 aromatic carbocycles. The molecule has 1 N–H and O–H groups in total. The molecule has 110 valence electrons. The molecule has 0 spiro atoms. The van der Waals surface area contributed by atoms with Crippen LogP contribution in [0.4, 0.5) is 5.69 Å². The van der Waals surface area contributed by atoms with E-state index in [1.165, 1.54) is 11.1 Å². The molecule has 1 heterocycles. The maximum atomic E-state index is 12.2. The number of likely N-dealkylation sites (N-methyl/N-ethyl adjacent to an activating group) is 1. The van der Waals surface area contributed by atoms with Gasteiger partial charge < -0.3 is 15.1 Å². The van der Waals surface area contributed by atoms with Crippen molar-refractivity contribution in [1.82, 2.24) is 9.80 Å². The standard InChI is InChI=1S/C16H25N3O/c1-4-18-5-7-19(8-6-18)16(20)12-17-15-10-13(2)9-14(3)11-15/h9-11,17H,4-8,12H2,1-3H3. The predicted octanol–water partition coefficient (Wildman–Crippen LogP) is 1.88. The number of carbonyl (C=O) groups excluding carboxylic acids is 1. The third-order valence-corrected chi connectivity index (χ3v) is 3.84. The van der Waals surface area contributed by atoms with Crippen molar-refractivity contribution in [1.29, 1.82) is 0 Å². The minimum Gasteiger partial charge on any atom is -0.376 e. The van der Waals surface area contributed by atoms with Gasteiger partial charge in [0, 0.05) is 31.9 Å². The molecule has 0 radical (unpaired) electrons. The summed E-state index contributed by atoms with van der Waals surface area (Å²) in [6, 6.07) is 6.29. The monoisotopic (exact) mass is 275 g/mol. The average molecular weight is 275 g/mol. The van der Waals surface area contributed by atoms with E-state index in [9.17, 15) is 4.79 Å². The van der Waals surface area contributed by atoms with Crippen LogP contribution in [-0.2, 0) is 4.79 Å². The first-order valence-corrected chi connectivity index (χ1v) is 7.41. The van der Waals surface area contributed by atoms with Crippen molar-refractivity contribution in [3.63, 3.8) is 0 Å². The number of anilines is 1. The summed E-state index contributed by atoms with van der Waals surface area (Å²) in [4.78, 5) is 16.5. The van der Waals surface area contributed by atoms with Gasteiger partial charge in [-0.1, -0.05) is 13.0 Å². The highest BCUT2D eigenvalue weighted by molar-refractivity contribution is 5.81. The fraction of sp³-hybridized carbons (Fsp3) is 0.562. The van der Waals surface area contributed by atoms with Crippen LogP contribution in [0.15, 0.2) is 18.2 Å². The van der Waals surface area contributed by atoms with Gasteiger partial charge in [0.25, 0.3) is 0 Å². The zero-order valence-electron chi connectivity index (χ0n) is 12.8. The van der Waals surface area contributed by atoms with Crippen LogP contribution in [0.3, 0.4) is 0 Å². The number of piperazine rings is 1. The Morgan fingerprint density at radius 2 is 1.70 bits per heavy atom. The normalized spacial score (nSPS) is 16.2. The lowest BCUT2D eigenvalue weighted by molar-refractivity contribution is -0.131. The van der Waals surface area contributed by atoms with Crippen molar-refractivity contribution in [2.75, 3.05) is 44.6 Å². The van der Waals surface area contributed by atoms with E-state index in [1.807, 2.05) is 4.90 Å². The number of hydrogen-bond acceptors (Lipinski definition) is 3. The maximum absolute atomic E-state index is 12.2. The van der Waals surface area contributed by atoms with Gasteiger partial charge in [-0.15, -0.1) is 0 Å². The molecule has 0 aromatic heterocycles. The van der Waals surface area contributed by atoms with Gasteiger partial charge in [-0.2, -0.15) is 0 Å². The summed E-state index contributed by atoms with van der Waals surface area (Å²) in [6.45, 7) is 11.4. The van der Waals surface area contributed by atoms with Crippen molar-refractivity contribution in [2.24, 2.45) is 0 Å². The van der Waals surface area contributed by atoms with E-state index in [0.29, 0.717) is 6.54 Å². The van der Waals surface area contributed by atoms with Gasteiger partial charge in [0.2, 0.25) is 5.91 Å². The first-order chi connectivity index (χ1) is 9.58. The topological polar surface area (TPSA) is 35.6 Å². The van der Waals surface area contributed by atoms with Gasteiger partial charge in [0.05, 0.1) is 6.54 Å². The number of rotatable bonds is 4. The largest absolute Gasteiger partial charge is 0.376 e. The smallest absolute Gasteiger partial charge is 0.241 e. The highest BCUT2D eigenvalue weighted by atomic mass is 16.2. The van der Waals surface area contributed by atoms with Crippen LogP contribution >= 0.6 is 0 Å². The molecule has 1 aromatic rings. The summed E-state index contributed by atoms with van der Waals surface area (Å²) >= 11 is 0. The van der Waals surface area contributed by atoms with Crippen molar-refractivity contribution in [3.8, 4) is 0 Å². The van der Waals surface area contributed by atoms with E-state index in [0.717, 1.165) is 38.4 Å². The number of hydrogen-bond donors (Lipinski definition) is 1. The first kappa shape index (κ1) is 14.9. The summed E-state index contributed by atoms with van der Waals surface area (Å²) in [5.41, 5.74) is 3.47. The number of benzene rings is 1. The van der Waals surface area contributed by atoms with Gasteiger partial charge >= 0.3 is 0 Å². The Labute approximate surface area is 121 Å². The van der Waals surface area contributed by atoms with Crippen molar-refractivity contribution < 1.29 is 4.79 Å². The maximum Gasteiger partial charge on any atom is 0.241 e. The number of amides is 1. The Balaban J connectivity index is 1.83. The van der Waals surface area contributed by atoms with Crippen LogP contribution in [0.25, 0.3) is 0 Å². The molecule has 20 heavy (non-hydrogen) atoms. The van der Waals surface area contributed by atoms with Gasteiger partial charge in [0.15, 0.2) is 0 Å². The summed E-state index contributed by atoms with van der Waals surface area (Å²) in [5, 5.41) is 3.24. The molecule has 1 amide bonds. The van der Waals surface area contributed by atoms with Crippen LogP contribution in [0.1, 0.15) is 18.1 Å². The molecule has 1 aliphatic heterocycles. The van der Waals surface area contributed by atoms with Crippen molar-refractivity contribution in [2.45, 2.75) is 20.8 Å². The lowest BCUT2D eigenvalue weighted by atomic mass is 10.1. The Bertz CT molecular complexity index is 445. The number of nitrogens with zero attached hydrogens (tertiary/aromatic N) is 2.